The van der Waals surface area contributed by atoms with Crippen molar-refractivity contribution in [2.45, 2.75) is 63.1 Å². The van der Waals surface area contributed by atoms with E-state index in [2.05, 4.69) is 10.3 Å². The Morgan fingerprint density at radius 1 is 1.22 bits per heavy atom. The summed E-state index contributed by atoms with van der Waals surface area (Å²) in [5, 5.41) is 13.3. The van der Waals surface area contributed by atoms with Crippen molar-refractivity contribution in [2.24, 2.45) is 33.3 Å². The third kappa shape index (κ3) is 6.51. The number of nitrogens with one attached hydrogen (secondary N) is 1. The predicted molar refractivity (Wildman–Crippen MR) is 137 cm³/mol. The van der Waals surface area contributed by atoms with Gasteiger partial charge in [0.2, 0.25) is 0 Å². The molecule has 1 heterocycles. The van der Waals surface area contributed by atoms with Crippen LogP contribution in [0.4, 0.5) is 0 Å². The zero-order valence-corrected chi connectivity index (χ0v) is 21.2. The summed E-state index contributed by atoms with van der Waals surface area (Å²) in [6, 6.07) is 6.39. The van der Waals surface area contributed by atoms with Crippen LogP contribution in [0.5, 0.6) is 0 Å². The van der Waals surface area contributed by atoms with E-state index in [0.29, 0.717) is 37.8 Å². The summed E-state index contributed by atoms with van der Waals surface area (Å²) >= 11 is 0. The number of carboxylic acid groups (broad SMARTS) is 1. The molecule has 0 spiro atoms. The Labute approximate surface area is 216 Å². The van der Waals surface area contributed by atoms with E-state index in [0.717, 1.165) is 0 Å². The van der Waals surface area contributed by atoms with E-state index in [9.17, 15) is 24.3 Å². The highest BCUT2D eigenvalue weighted by Gasteiger charge is 2.69. The van der Waals surface area contributed by atoms with Crippen LogP contribution in [0.2, 0.25) is 0 Å². The number of hydrogen-bond acceptors (Lipinski definition) is 9. The van der Waals surface area contributed by atoms with Gasteiger partial charge in [-0.2, -0.15) is 0 Å². The summed E-state index contributed by atoms with van der Waals surface area (Å²) in [6.07, 6.45) is 1.37. The zero-order chi connectivity index (χ0) is 27.6. The first-order valence-electron chi connectivity index (χ1n) is 12.4. The molecular formula is C25H38N6O6. The van der Waals surface area contributed by atoms with Crippen LogP contribution >= 0.6 is 0 Å². The number of nitrogens with zero attached hydrogens (tertiary/aromatic N) is 1. The number of Topliss-reactive ketones (excluding diaryl/α,β-unsaturated/α-hetero) is 2. The number of carbonyl (C=O) groups excluding carboxylic acids is 3. The number of nitrogens with two attached hydrogens (primary N) is 4. The highest BCUT2D eigenvalue weighted by Crippen LogP contribution is 2.40. The van der Waals surface area contributed by atoms with Gasteiger partial charge in [0.25, 0.3) is 0 Å². The molecule has 1 aromatic rings. The number of unbranched alkanes of at least 4 members (excludes halogenated alkanes) is 1. The van der Waals surface area contributed by atoms with Gasteiger partial charge >= 0.3 is 11.9 Å². The molecule has 10 N–H and O–H groups in total. The van der Waals surface area contributed by atoms with Crippen LogP contribution in [0.15, 0.2) is 35.3 Å². The molecule has 0 aromatic heterocycles. The monoisotopic (exact) mass is 518 g/mol. The molecule has 1 aliphatic heterocycles. The van der Waals surface area contributed by atoms with E-state index in [-0.39, 0.29) is 25.5 Å². The van der Waals surface area contributed by atoms with Gasteiger partial charge in [-0.25, -0.2) is 4.79 Å². The maximum absolute atomic E-state index is 14.1. The van der Waals surface area contributed by atoms with Gasteiger partial charge in [-0.1, -0.05) is 43.7 Å². The normalized spacial score (nSPS) is 19.2. The number of carbonyl (C=O) groups is 4. The lowest BCUT2D eigenvalue weighted by atomic mass is 9.60. The number of aliphatic imine (C=N–C) groups is 1. The second-order valence-electron chi connectivity index (χ2n) is 9.24. The number of carboxylic acids is 1. The molecule has 1 aromatic carbocycles. The van der Waals surface area contributed by atoms with Crippen molar-refractivity contribution < 1.29 is 29.0 Å². The molecule has 0 amide bonds. The number of ether oxygens (including phenoxy) is 1. The van der Waals surface area contributed by atoms with Gasteiger partial charge < -0.3 is 38.1 Å². The molecule has 1 fully saturated rings. The Bertz CT molecular complexity index is 993. The summed E-state index contributed by atoms with van der Waals surface area (Å²) in [5.74, 6) is -5.47. The van der Waals surface area contributed by atoms with Crippen molar-refractivity contribution in [1.29, 1.82) is 0 Å². The quantitative estimate of drug-likeness (QED) is 0.0555. The predicted octanol–water partition coefficient (Wildman–Crippen LogP) is -0.778. The van der Waals surface area contributed by atoms with Gasteiger partial charge in [0.05, 0.1) is 18.7 Å². The van der Waals surface area contributed by atoms with Gasteiger partial charge in [0.1, 0.15) is 0 Å². The molecule has 204 valence electrons. The average Bonchev–Trinajstić information content (AvgIpc) is 3.40. The van der Waals surface area contributed by atoms with Gasteiger partial charge in [-0.15, -0.1) is 0 Å². The maximum Gasteiger partial charge on any atom is 0.333 e. The largest absolute Gasteiger partial charge is 0.479 e. The topological polar surface area (TPSA) is 226 Å². The first-order valence-corrected chi connectivity index (χ1v) is 12.4. The Hall–Kier alpha value is -3.35. The Kier molecular flexibility index (Phi) is 10.7. The Morgan fingerprint density at radius 2 is 1.89 bits per heavy atom. The van der Waals surface area contributed by atoms with Crippen molar-refractivity contribution in [1.82, 2.24) is 5.32 Å². The molecule has 0 radical (unpaired) electrons. The summed E-state index contributed by atoms with van der Waals surface area (Å²) in [7, 11) is 0. The van der Waals surface area contributed by atoms with Crippen LogP contribution in [-0.2, 0) is 30.3 Å². The number of hydrogen-bond donors (Lipinski definition) is 6. The van der Waals surface area contributed by atoms with Gasteiger partial charge in [-0.05, 0) is 44.2 Å². The molecule has 12 nitrogen and oxygen atoms in total. The molecule has 1 aliphatic rings. The van der Waals surface area contributed by atoms with Crippen molar-refractivity contribution in [3.63, 3.8) is 0 Å². The van der Waals surface area contributed by atoms with E-state index < -0.39 is 53.0 Å². The molecular weight excluding hydrogens is 480 g/mol. The van der Waals surface area contributed by atoms with E-state index >= 15 is 0 Å². The molecule has 12 heteroatoms. The molecule has 4 unspecified atom stereocenters. The molecule has 0 saturated carbocycles. The molecule has 1 saturated heterocycles. The smallest absolute Gasteiger partial charge is 0.333 e. The van der Waals surface area contributed by atoms with Crippen LogP contribution in [0.1, 0.15) is 44.6 Å². The van der Waals surface area contributed by atoms with Crippen LogP contribution in [0.3, 0.4) is 0 Å². The van der Waals surface area contributed by atoms with Crippen LogP contribution in [-0.4, -0.2) is 71.9 Å². The molecule has 4 atom stereocenters. The zero-order valence-electron chi connectivity index (χ0n) is 21.2. The number of guanidine groups is 1. The fourth-order valence-corrected chi connectivity index (χ4v) is 4.62. The lowest BCUT2D eigenvalue weighted by Crippen LogP contribution is -2.75. The van der Waals surface area contributed by atoms with E-state index in [1.165, 1.54) is 0 Å². The van der Waals surface area contributed by atoms with Crippen LogP contribution < -0.4 is 28.3 Å². The third-order valence-electron chi connectivity index (χ3n) is 6.69. The van der Waals surface area contributed by atoms with E-state index in [1.807, 2.05) is 6.92 Å². The Morgan fingerprint density at radius 3 is 2.43 bits per heavy atom. The number of aliphatic carboxylic acids is 1. The van der Waals surface area contributed by atoms with Gasteiger partial charge in [0, 0.05) is 6.54 Å². The number of benzene rings is 1. The van der Waals surface area contributed by atoms with E-state index in [1.54, 1.807) is 30.3 Å². The van der Waals surface area contributed by atoms with Crippen LogP contribution in [0.25, 0.3) is 0 Å². The summed E-state index contributed by atoms with van der Waals surface area (Å²) in [6.45, 7) is 1.84. The molecule has 0 aliphatic carbocycles. The SMILES string of the molecule is CCCCOC(=O)C(CCN=C(N)N)(C(=O)C(N)Cc1ccccc1)C(N)(C(=O)O)C(=O)C1CCCN1. The number of ketones is 2. The first kappa shape index (κ1) is 29.9. The van der Waals surface area contributed by atoms with E-state index in [4.69, 9.17) is 27.7 Å². The summed E-state index contributed by atoms with van der Waals surface area (Å²) in [4.78, 5) is 58.3. The van der Waals surface area contributed by atoms with Crippen LogP contribution in [0, 0.1) is 5.41 Å². The summed E-state index contributed by atoms with van der Waals surface area (Å²) < 4.78 is 5.39. The highest BCUT2D eigenvalue weighted by molar-refractivity contribution is 6.22. The molecule has 0 bridgehead atoms. The maximum atomic E-state index is 14.1. The average molecular weight is 519 g/mol. The number of esters is 1. The van der Waals surface area contributed by atoms with Crippen molar-refractivity contribution in [2.75, 3.05) is 19.7 Å². The lowest BCUT2D eigenvalue weighted by molar-refractivity contribution is -0.178. The first-order chi connectivity index (χ1) is 17.5. The minimum Gasteiger partial charge on any atom is -0.479 e. The lowest BCUT2D eigenvalue weighted by Gasteiger charge is -2.43. The van der Waals surface area contributed by atoms with Crippen molar-refractivity contribution in [3.05, 3.63) is 35.9 Å². The minimum atomic E-state index is -3.00. The second kappa shape index (κ2) is 13.3. The highest BCUT2D eigenvalue weighted by atomic mass is 16.5. The summed E-state index contributed by atoms with van der Waals surface area (Å²) in [5.41, 5.74) is 18.6. The van der Waals surface area contributed by atoms with Gasteiger partial charge in [-0.3, -0.25) is 19.4 Å². The molecule has 37 heavy (non-hydrogen) atoms. The van der Waals surface area contributed by atoms with Crippen molar-refractivity contribution >= 4 is 29.5 Å². The standard InChI is InChI=1S/C25H38N6O6/c1-2-3-14-37-22(36)24(11-13-31-23(27)28,19(32)17(26)15-16-8-5-4-6-9-16)25(29,21(34)35)20(33)18-10-7-12-30-18/h4-6,8-9,17-18,30H,2-3,7,10-15,26,29H2,1H3,(H,34,35)(H4,27,28,31). The fraction of sp³-hybridized carbons (Fsp3) is 0.560. The minimum absolute atomic E-state index is 0.0302. The second-order valence-corrected chi connectivity index (χ2v) is 9.24. The number of rotatable bonds is 15. The van der Waals surface area contributed by atoms with Gasteiger partial charge in [0.15, 0.2) is 28.5 Å². The fourth-order valence-electron chi connectivity index (χ4n) is 4.62. The third-order valence-corrected chi connectivity index (χ3v) is 6.69. The Balaban J connectivity index is 2.70. The van der Waals surface area contributed by atoms with Crippen molar-refractivity contribution in [3.8, 4) is 0 Å². The molecule has 2 rings (SSSR count).